The SMILES string of the molecule is CC(C)(C)OC(=O)NCCCCOc1ccc2nccc(C(=O)NCC(=O)N3CC(F)(F)C[C@H]3C#N)c2c1. The van der Waals surface area contributed by atoms with E-state index in [0.29, 0.717) is 42.6 Å². The molecule has 1 fully saturated rings. The quantitative estimate of drug-likeness (QED) is 0.474. The molecule has 1 aliphatic rings. The Morgan fingerprint density at radius 3 is 2.68 bits per heavy atom. The summed E-state index contributed by atoms with van der Waals surface area (Å²) in [6, 6.07) is 7.03. The standard InChI is InChI=1S/C26H31F2N5O5/c1-25(2,3)38-24(36)31-9-4-5-11-37-18-6-7-21-20(12-18)19(8-10-30-21)23(35)32-15-22(34)33-16-26(27,28)13-17(33)14-29/h6-8,10,12,17H,4-5,9,11,13,15-16H2,1-3H3,(H,31,36)(H,32,35)/t17-/m0/s1. The lowest BCUT2D eigenvalue weighted by molar-refractivity contribution is -0.131. The van der Waals surface area contributed by atoms with Crippen LogP contribution in [-0.4, -0.2) is 71.6 Å². The van der Waals surface area contributed by atoms with Crippen molar-refractivity contribution in [3.63, 3.8) is 0 Å². The molecule has 0 spiro atoms. The number of nitrogens with one attached hydrogen (secondary N) is 2. The average Bonchev–Trinajstić information content (AvgIpc) is 3.17. The summed E-state index contributed by atoms with van der Waals surface area (Å²) >= 11 is 0. The van der Waals surface area contributed by atoms with E-state index in [1.807, 2.05) is 0 Å². The number of likely N-dealkylation sites (tertiary alicyclic amines) is 1. The van der Waals surface area contributed by atoms with E-state index in [2.05, 4.69) is 15.6 Å². The fourth-order valence-corrected chi connectivity index (χ4v) is 3.88. The summed E-state index contributed by atoms with van der Waals surface area (Å²) in [4.78, 5) is 41.9. The second kappa shape index (κ2) is 12.0. The summed E-state index contributed by atoms with van der Waals surface area (Å²) in [6.07, 6.45) is 1.59. The number of unbranched alkanes of at least 4 members (excludes halogenated alkanes) is 1. The first kappa shape index (κ1) is 28.6. The zero-order valence-electron chi connectivity index (χ0n) is 21.6. The molecule has 1 aromatic carbocycles. The molecule has 2 N–H and O–H groups in total. The van der Waals surface area contributed by atoms with Gasteiger partial charge in [-0.25, -0.2) is 13.6 Å². The van der Waals surface area contributed by atoms with Crippen molar-refractivity contribution >= 4 is 28.8 Å². The van der Waals surface area contributed by atoms with Crippen molar-refractivity contribution in [2.24, 2.45) is 0 Å². The Hall–Kier alpha value is -4.01. The number of alkyl halides is 2. The molecule has 3 amide bonds. The van der Waals surface area contributed by atoms with Crippen LogP contribution < -0.4 is 15.4 Å². The second-order valence-corrected chi connectivity index (χ2v) is 9.93. The Balaban J connectivity index is 1.53. The number of carbonyl (C=O) groups is 3. The number of amides is 3. The van der Waals surface area contributed by atoms with Crippen molar-refractivity contribution in [1.82, 2.24) is 20.5 Å². The molecule has 0 aliphatic carbocycles. The smallest absolute Gasteiger partial charge is 0.407 e. The maximum atomic E-state index is 13.6. The van der Waals surface area contributed by atoms with Gasteiger partial charge < -0.3 is 25.0 Å². The monoisotopic (exact) mass is 531 g/mol. The van der Waals surface area contributed by atoms with E-state index in [0.717, 1.165) is 4.90 Å². The molecule has 1 aromatic heterocycles. The molecule has 10 nitrogen and oxygen atoms in total. The number of ether oxygens (including phenoxy) is 2. The normalized spacial score (nSPS) is 16.5. The van der Waals surface area contributed by atoms with E-state index in [9.17, 15) is 23.2 Å². The molecule has 1 saturated heterocycles. The molecule has 204 valence electrons. The Kier molecular flexibility index (Phi) is 9.04. The zero-order chi connectivity index (χ0) is 27.9. The molecular formula is C26H31F2N5O5. The summed E-state index contributed by atoms with van der Waals surface area (Å²) in [5.74, 6) is -3.97. The largest absolute Gasteiger partial charge is 0.494 e. The highest BCUT2D eigenvalue weighted by molar-refractivity contribution is 6.07. The lowest BCUT2D eigenvalue weighted by atomic mass is 10.1. The summed E-state index contributed by atoms with van der Waals surface area (Å²) in [5.41, 5.74) is 0.204. The highest BCUT2D eigenvalue weighted by Gasteiger charge is 2.47. The van der Waals surface area contributed by atoms with Gasteiger partial charge in [0.15, 0.2) is 0 Å². The van der Waals surface area contributed by atoms with Gasteiger partial charge >= 0.3 is 6.09 Å². The maximum Gasteiger partial charge on any atom is 0.407 e. The van der Waals surface area contributed by atoms with E-state index in [1.54, 1.807) is 45.0 Å². The molecule has 0 radical (unpaired) electrons. The fourth-order valence-electron chi connectivity index (χ4n) is 3.88. The van der Waals surface area contributed by atoms with Crippen LogP contribution in [0.4, 0.5) is 13.6 Å². The van der Waals surface area contributed by atoms with Gasteiger partial charge in [0, 0.05) is 24.5 Å². The van der Waals surface area contributed by atoms with Crippen molar-refractivity contribution < 1.29 is 32.6 Å². The van der Waals surface area contributed by atoms with Crippen molar-refractivity contribution in [1.29, 1.82) is 5.26 Å². The minimum atomic E-state index is -3.13. The van der Waals surface area contributed by atoms with Crippen molar-refractivity contribution in [3.8, 4) is 11.8 Å². The Labute approximate surface area is 219 Å². The van der Waals surface area contributed by atoms with Gasteiger partial charge in [-0.05, 0) is 57.9 Å². The summed E-state index contributed by atoms with van der Waals surface area (Å²) in [7, 11) is 0. The van der Waals surface area contributed by atoms with Crippen LogP contribution in [0.5, 0.6) is 5.75 Å². The molecule has 1 aliphatic heterocycles. The lowest BCUT2D eigenvalue weighted by Crippen LogP contribution is -2.43. The number of nitriles is 1. The molecule has 12 heteroatoms. The summed E-state index contributed by atoms with van der Waals surface area (Å²) < 4.78 is 38.2. The third-order valence-electron chi connectivity index (χ3n) is 5.61. The van der Waals surface area contributed by atoms with Crippen LogP contribution >= 0.6 is 0 Å². The van der Waals surface area contributed by atoms with Crippen LogP contribution in [0, 0.1) is 11.3 Å². The molecule has 0 saturated carbocycles. The average molecular weight is 532 g/mol. The minimum absolute atomic E-state index is 0.235. The molecule has 2 aromatic rings. The highest BCUT2D eigenvalue weighted by Crippen LogP contribution is 2.31. The third kappa shape index (κ3) is 7.99. The van der Waals surface area contributed by atoms with Gasteiger partial charge in [0.25, 0.3) is 11.8 Å². The van der Waals surface area contributed by atoms with Gasteiger partial charge in [0.05, 0.1) is 36.8 Å². The Morgan fingerprint density at radius 1 is 1.21 bits per heavy atom. The third-order valence-corrected chi connectivity index (χ3v) is 5.61. The number of carbonyl (C=O) groups excluding carboxylic acids is 3. The zero-order valence-corrected chi connectivity index (χ0v) is 21.6. The Bertz CT molecular complexity index is 1220. The van der Waals surface area contributed by atoms with Crippen molar-refractivity contribution in [3.05, 3.63) is 36.0 Å². The van der Waals surface area contributed by atoms with Crippen molar-refractivity contribution in [2.45, 2.75) is 57.6 Å². The Morgan fingerprint density at radius 2 is 1.97 bits per heavy atom. The van der Waals surface area contributed by atoms with Gasteiger partial charge in [-0.15, -0.1) is 0 Å². The number of fused-ring (bicyclic) bond motifs is 1. The topological polar surface area (TPSA) is 134 Å². The molecular weight excluding hydrogens is 500 g/mol. The number of halogens is 2. The van der Waals surface area contributed by atoms with Gasteiger partial charge in [0.2, 0.25) is 5.91 Å². The van der Waals surface area contributed by atoms with E-state index >= 15 is 0 Å². The van der Waals surface area contributed by atoms with E-state index < -0.39 is 55.0 Å². The van der Waals surface area contributed by atoms with Gasteiger partial charge in [-0.3, -0.25) is 14.6 Å². The summed E-state index contributed by atoms with van der Waals surface area (Å²) in [6.45, 7) is 4.80. The first-order valence-electron chi connectivity index (χ1n) is 12.2. The number of hydrogen-bond acceptors (Lipinski definition) is 7. The van der Waals surface area contributed by atoms with Gasteiger partial charge in [-0.1, -0.05) is 0 Å². The molecule has 2 heterocycles. The number of alkyl carbamates (subject to hydrolysis) is 1. The highest BCUT2D eigenvalue weighted by atomic mass is 19.3. The fraction of sp³-hybridized carbons (Fsp3) is 0.500. The number of nitrogens with zero attached hydrogens (tertiary/aromatic N) is 3. The van der Waals surface area contributed by atoms with Crippen LogP contribution in [0.25, 0.3) is 10.9 Å². The number of pyridine rings is 1. The molecule has 0 bridgehead atoms. The molecule has 3 rings (SSSR count). The molecule has 0 unspecified atom stereocenters. The minimum Gasteiger partial charge on any atom is -0.494 e. The predicted octanol–water partition coefficient (Wildman–Crippen LogP) is 3.41. The van der Waals surface area contributed by atoms with E-state index in [1.165, 1.54) is 12.3 Å². The van der Waals surface area contributed by atoms with E-state index in [4.69, 9.17) is 14.7 Å². The lowest BCUT2D eigenvalue weighted by Gasteiger charge is -2.19. The van der Waals surface area contributed by atoms with Crippen LogP contribution in [0.1, 0.15) is 50.4 Å². The van der Waals surface area contributed by atoms with Crippen LogP contribution in [-0.2, 0) is 9.53 Å². The number of rotatable bonds is 9. The van der Waals surface area contributed by atoms with E-state index in [-0.39, 0.29) is 5.56 Å². The number of benzene rings is 1. The molecule has 1 atom stereocenters. The van der Waals surface area contributed by atoms with Crippen LogP contribution in [0.3, 0.4) is 0 Å². The molecule has 38 heavy (non-hydrogen) atoms. The summed E-state index contributed by atoms with van der Waals surface area (Å²) in [5, 5.41) is 14.7. The first-order valence-corrected chi connectivity index (χ1v) is 12.2. The maximum absolute atomic E-state index is 13.6. The van der Waals surface area contributed by atoms with Crippen LogP contribution in [0.2, 0.25) is 0 Å². The van der Waals surface area contributed by atoms with Crippen molar-refractivity contribution in [2.75, 3.05) is 26.2 Å². The number of hydrogen-bond donors (Lipinski definition) is 2. The predicted molar refractivity (Wildman–Crippen MR) is 134 cm³/mol. The number of aromatic nitrogens is 1. The van der Waals surface area contributed by atoms with Gasteiger partial charge in [-0.2, -0.15) is 5.26 Å². The van der Waals surface area contributed by atoms with Crippen LogP contribution in [0.15, 0.2) is 30.5 Å². The second-order valence-electron chi connectivity index (χ2n) is 9.93. The first-order chi connectivity index (χ1) is 17.9. The van der Waals surface area contributed by atoms with Gasteiger partial charge in [0.1, 0.15) is 17.4 Å².